The summed E-state index contributed by atoms with van der Waals surface area (Å²) in [6, 6.07) is 6.84. The fourth-order valence-electron chi connectivity index (χ4n) is 1.53. The van der Waals surface area contributed by atoms with Gasteiger partial charge in [-0.2, -0.15) is 13.2 Å². The molecule has 0 aliphatic carbocycles. The molecule has 0 saturated carbocycles. The average molecular weight is 272 g/mol. The van der Waals surface area contributed by atoms with E-state index in [1.165, 1.54) is 0 Å². The van der Waals surface area contributed by atoms with Gasteiger partial charge in [-0.05, 0) is 12.0 Å². The van der Waals surface area contributed by atoms with Crippen molar-refractivity contribution in [1.29, 1.82) is 5.41 Å². The number of alkyl halides is 3. The number of hydrogen-bond acceptors (Lipinski definition) is 2. The van der Waals surface area contributed by atoms with Crippen LogP contribution in [0.1, 0.15) is 24.5 Å². The van der Waals surface area contributed by atoms with E-state index in [0.717, 1.165) is 16.9 Å². The standard InChI is InChI=1S/C13H15F3N2O/c1-2-10-3-5-11(6-4-10)12(17)18(9-19)8-7-13(14,15)16/h3-6,9,17H,2,7-8H2,1H3. The van der Waals surface area contributed by atoms with Crippen molar-refractivity contribution in [2.75, 3.05) is 6.54 Å². The van der Waals surface area contributed by atoms with Crippen LogP contribution in [-0.4, -0.2) is 29.9 Å². The molecular formula is C13H15F3N2O. The fourth-order valence-corrected chi connectivity index (χ4v) is 1.53. The van der Waals surface area contributed by atoms with E-state index < -0.39 is 19.1 Å². The van der Waals surface area contributed by atoms with Gasteiger partial charge in [0.2, 0.25) is 6.41 Å². The molecule has 0 heterocycles. The summed E-state index contributed by atoms with van der Waals surface area (Å²) in [5.41, 5.74) is 1.48. The molecule has 0 aliphatic heterocycles. The van der Waals surface area contributed by atoms with E-state index in [1.807, 2.05) is 6.92 Å². The summed E-state index contributed by atoms with van der Waals surface area (Å²) >= 11 is 0. The molecule has 1 rings (SSSR count). The minimum absolute atomic E-state index is 0.220. The van der Waals surface area contributed by atoms with Gasteiger partial charge in [-0.15, -0.1) is 0 Å². The molecule has 1 amide bonds. The summed E-state index contributed by atoms with van der Waals surface area (Å²) < 4.78 is 36.3. The molecule has 0 spiro atoms. The maximum atomic E-state index is 12.1. The van der Waals surface area contributed by atoms with Crippen LogP contribution in [0.15, 0.2) is 24.3 Å². The van der Waals surface area contributed by atoms with Crippen molar-refractivity contribution < 1.29 is 18.0 Å². The van der Waals surface area contributed by atoms with Gasteiger partial charge in [0, 0.05) is 12.1 Å². The maximum absolute atomic E-state index is 12.1. The Labute approximate surface area is 109 Å². The summed E-state index contributed by atoms with van der Waals surface area (Å²) in [5.74, 6) is -0.220. The number of amides is 1. The summed E-state index contributed by atoms with van der Waals surface area (Å²) in [6.45, 7) is 1.43. The molecule has 3 nitrogen and oxygen atoms in total. The van der Waals surface area contributed by atoms with Gasteiger partial charge in [-0.25, -0.2) is 0 Å². The predicted molar refractivity (Wildman–Crippen MR) is 66.1 cm³/mol. The van der Waals surface area contributed by atoms with Crippen LogP contribution in [0.3, 0.4) is 0 Å². The van der Waals surface area contributed by atoms with E-state index in [9.17, 15) is 18.0 Å². The smallest absolute Gasteiger partial charge is 0.299 e. The Morgan fingerprint density at radius 1 is 1.32 bits per heavy atom. The third kappa shape index (κ3) is 4.73. The monoisotopic (exact) mass is 272 g/mol. The van der Waals surface area contributed by atoms with Gasteiger partial charge in [0.05, 0.1) is 6.42 Å². The number of benzene rings is 1. The zero-order chi connectivity index (χ0) is 14.5. The lowest BCUT2D eigenvalue weighted by Crippen LogP contribution is -2.33. The summed E-state index contributed by atoms with van der Waals surface area (Å²) in [7, 11) is 0. The molecule has 19 heavy (non-hydrogen) atoms. The Hall–Kier alpha value is -1.85. The van der Waals surface area contributed by atoms with Crippen molar-refractivity contribution >= 4 is 12.2 Å². The summed E-state index contributed by atoms with van der Waals surface area (Å²) in [6.07, 6.45) is -4.38. The second-order valence-electron chi connectivity index (χ2n) is 4.06. The molecule has 1 aromatic carbocycles. The Morgan fingerprint density at radius 2 is 1.89 bits per heavy atom. The van der Waals surface area contributed by atoms with Crippen molar-refractivity contribution in [3.8, 4) is 0 Å². The van der Waals surface area contributed by atoms with Crippen molar-refractivity contribution in [1.82, 2.24) is 4.90 Å². The molecule has 0 atom stereocenters. The minimum atomic E-state index is -4.34. The molecule has 0 saturated heterocycles. The van der Waals surface area contributed by atoms with Gasteiger partial charge in [0.1, 0.15) is 5.84 Å². The molecule has 0 unspecified atom stereocenters. The number of halogens is 3. The number of aryl methyl sites for hydroxylation is 1. The molecule has 1 N–H and O–H groups in total. The zero-order valence-electron chi connectivity index (χ0n) is 10.5. The quantitative estimate of drug-likeness (QED) is 0.500. The molecule has 0 fully saturated rings. The normalized spacial score (nSPS) is 11.2. The predicted octanol–water partition coefficient (Wildman–Crippen LogP) is 2.99. The Bertz CT molecular complexity index is 440. The topological polar surface area (TPSA) is 44.2 Å². The van der Waals surface area contributed by atoms with Crippen LogP contribution in [0, 0.1) is 5.41 Å². The first-order valence-electron chi connectivity index (χ1n) is 5.84. The lowest BCUT2D eigenvalue weighted by Gasteiger charge is -2.19. The molecule has 0 bridgehead atoms. The zero-order valence-corrected chi connectivity index (χ0v) is 10.5. The minimum Gasteiger partial charge on any atom is -0.299 e. The Morgan fingerprint density at radius 3 is 2.32 bits per heavy atom. The van der Waals surface area contributed by atoms with Crippen LogP contribution in [0.25, 0.3) is 0 Å². The van der Waals surface area contributed by atoms with E-state index in [-0.39, 0.29) is 12.2 Å². The van der Waals surface area contributed by atoms with Gasteiger partial charge in [-0.1, -0.05) is 31.2 Å². The Kier molecular flexibility index (Phi) is 5.09. The molecule has 0 aliphatic rings. The third-order valence-corrected chi connectivity index (χ3v) is 2.69. The molecule has 0 radical (unpaired) electrons. The van der Waals surface area contributed by atoms with Crippen molar-refractivity contribution in [2.45, 2.75) is 25.9 Å². The van der Waals surface area contributed by atoms with Crippen LogP contribution in [-0.2, 0) is 11.2 Å². The average Bonchev–Trinajstić information content (AvgIpc) is 2.38. The Balaban J connectivity index is 2.74. The van der Waals surface area contributed by atoms with Crippen molar-refractivity contribution in [3.63, 3.8) is 0 Å². The number of amidine groups is 1. The fraction of sp³-hybridized carbons (Fsp3) is 0.385. The summed E-state index contributed by atoms with van der Waals surface area (Å²) in [4.78, 5) is 11.5. The van der Waals surface area contributed by atoms with Crippen LogP contribution < -0.4 is 0 Å². The number of carbonyl (C=O) groups is 1. The van der Waals surface area contributed by atoms with Crippen LogP contribution in [0.4, 0.5) is 13.2 Å². The number of carbonyl (C=O) groups excluding carboxylic acids is 1. The first kappa shape index (κ1) is 15.2. The number of rotatable bonds is 5. The second kappa shape index (κ2) is 6.36. The SMILES string of the molecule is CCc1ccc(C(=N)N(C=O)CCC(F)(F)F)cc1. The third-order valence-electron chi connectivity index (χ3n) is 2.69. The first-order chi connectivity index (χ1) is 8.87. The molecule has 0 aromatic heterocycles. The van der Waals surface area contributed by atoms with E-state index >= 15 is 0 Å². The van der Waals surface area contributed by atoms with Crippen molar-refractivity contribution in [2.24, 2.45) is 0 Å². The number of hydrogen-bond donors (Lipinski definition) is 1. The van der Waals surface area contributed by atoms with Gasteiger partial charge >= 0.3 is 6.18 Å². The summed E-state index contributed by atoms with van der Waals surface area (Å²) in [5, 5.41) is 7.75. The molecule has 1 aromatic rings. The number of nitrogens with zero attached hydrogens (tertiary/aromatic N) is 1. The van der Waals surface area contributed by atoms with E-state index in [1.54, 1.807) is 24.3 Å². The van der Waals surface area contributed by atoms with Crippen LogP contribution in [0.2, 0.25) is 0 Å². The highest BCUT2D eigenvalue weighted by Crippen LogP contribution is 2.20. The second-order valence-corrected chi connectivity index (χ2v) is 4.06. The largest absolute Gasteiger partial charge is 0.390 e. The van der Waals surface area contributed by atoms with Gasteiger partial charge < -0.3 is 0 Å². The lowest BCUT2D eigenvalue weighted by molar-refractivity contribution is -0.138. The maximum Gasteiger partial charge on any atom is 0.390 e. The highest BCUT2D eigenvalue weighted by atomic mass is 19.4. The highest BCUT2D eigenvalue weighted by Gasteiger charge is 2.28. The van der Waals surface area contributed by atoms with Crippen LogP contribution in [0.5, 0.6) is 0 Å². The first-order valence-corrected chi connectivity index (χ1v) is 5.84. The van der Waals surface area contributed by atoms with Gasteiger partial charge in [-0.3, -0.25) is 15.1 Å². The molecular weight excluding hydrogens is 257 g/mol. The van der Waals surface area contributed by atoms with Crippen LogP contribution >= 0.6 is 0 Å². The molecule has 104 valence electrons. The molecule has 6 heteroatoms. The number of nitrogens with one attached hydrogen (secondary N) is 1. The lowest BCUT2D eigenvalue weighted by atomic mass is 10.1. The van der Waals surface area contributed by atoms with Crippen molar-refractivity contribution in [3.05, 3.63) is 35.4 Å². The van der Waals surface area contributed by atoms with Gasteiger partial charge in [0.25, 0.3) is 0 Å². The van der Waals surface area contributed by atoms with E-state index in [2.05, 4.69) is 0 Å². The van der Waals surface area contributed by atoms with E-state index in [4.69, 9.17) is 5.41 Å². The van der Waals surface area contributed by atoms with Gasteiger partial charge in [0.15, 0.2) is 0 Å². The highest BCUT2D eigenvalue weighted by molar-refractivity contribution is 6.01. The van der Waals surface area contributed by atoms with E-state index in [0.29, 0.717) is 5.56 Å².